The van der Waals surface area contributed by atoms with Crippen LogP contribution in [0.4, 0.5) is 0 Å². The molecule has 1 aromatic heterocycles. The van der Waals surface area contributed by atoms with E-state index >= 15 is 0 Å². The Hall–Kier alpha value is -0.900. The minimum Gasteiger partial charge on any atom is -0.387 e. The predicted molar refractivity (Wildman–Crippen MR) is 43.5 cm³/mol. The summed E-state index contributed by atoms with van der Waals surface area (Å²) in [6, 6.07) is 0.532. The van der Waals surface area contributed by atoms with Crippen LogP contribution >= 0.6 is 0 Å². The Morgan fingerprint density at radius 3 is 2.83 bits per heavy atom. The van der Waals surface area contributed by atoms with Crippen LogP contribution in [0.25, 0.3) is 0 Å². The summed E-state index contributed by atoms with van der Waals surface area (Å²) in [6.45, 7) is 1.70. The van der Waals surface area contributed by atoms with E-state index in [0.29, 0.717) is 11.7 Å². The van der Waals surface area contributed by atoms with Crippen molar-refractivity contribution >= 4 is 0 Å². The minimum atomic E-state index is -0.501. The van der Waals surface area contributed by atoms with Gasteiger partial charge in [0, 0.05) is 0 Å². The maximum atomic E-state index is 9.19. The SMILES string of the molecule is CC(O)c1cn(C2CCC2)nn1. The molecule has 0 spiro atoms. The molecule has 1 atom stereocenters. The summed E-state index contributed by atoms with van der Waals surface area (Å²) >= 11 is 0. The molecule has 1 aliphatic rings. The highest BCUT2D eigenvalue weighted by molar-refractivity contribution is 4.97. The van der Waals surface area contributed by atoms with Gasteiger partial charge in [-0.25, -0.2) is 4.68 Å². The molecule has 0 aliphatic heterocycles. The van der Waals surface area contributed by atoms with Gasteiger partial charge in [-0.15, -0.1) is 5.10 Å². The van der Waals surface area contributed by atoms with E-state index in [1.54, 1.807) is 6.92 Å². The molecule has 1 N–H and O–H groups in total. The number of aliphatic hydroxyl groups is 1. The molecule has 0 bridgehead atoms. The zero-order valence-corrected chi connectivity index (χ0v) is 7.14. The molecule has 4 nitrogen and oxygen atoms in total. The van der Waals surface area contributed by atoms with E-state index in [1.165, 1.54) is 19.3 Å². The molecule has 66 valence electrons. The van der Waals surface area contributed by atoms with E-state index in [9.17, 15) is 5.11 Å². The van der Waals surface area contributed by atoms with Gasteiger partial charge in [-0.3, -0.25) is 0 Å². The maximum Gasteiger partial charge on any atom is 0.111 e. The molecule has 1 heterocycles. The highest BCUT2D eigenvalue weighted by Gasteiger charge is 2.21. The van der Waals surface area contributed by atoms with E-state index < -0.39 is 6.10 Å². The molecule has 1 fully saturated rings. The zero-order chi connectivity index (χ0) is 8.55. The summed E-state index contributed by atoms with van der Waals surface area (Å²) in [5.74, 6) is 0. The number of aromatic nitrogens is 3. The van der Waals surface area contributed by atoms with Crippen molar-refractivity contribution in [2.75, 3.05) is 0 Å². The van der Waals surface area contributed by atoms with Crippen LogP contribution in [0.2, 0.25) is 0 Å². The second-order valence-electron chi connectivity index (χ2n) is 3.38. The van der Waals surface area contributed by atoms with Crippen LogP contribution in [0.3, 0.4) is 0 Å². The Morgan fingerprint density at radius 2 is 2.42 bits per heavy atom. The molecular formula is C8H13N3O. The lowest BCUT2D eigenvalue weighted by Gasteiger charge is -2.24. The van der Waals surface area contributed by atoms with E-state index in [4.69, 9.17) is 0 Å². The Kier molecular flexibility index (Phi) is 1.84. The van der Waals surface area contributed by atoms with Crippen LogP contribution in [0.5, 0.6) is 0 Å². The molecule has 1 aromatic rings. The molecule has 0 aromatic carbocycles. The fraction of sp³-hybridized carbons (Fsp3) is 0.750. The molecule has 4 heteroatoms. The van der Waals surface area contributed by atoms with Crippen LogP contribution < -0.4 is 0 Å². The van der Waals surface area contributed by atoms with Crippen LogP contribution in [-0.2, 0) is 0 Å². The molecule has 0 saturated heterocycles. The van der Waals surface area contributed by atoms with Gasteiger partial charge in [0.2, 0.25) is 0 Å². The molecule has 1 saturated carbocycles. The van der Waals surface area contributed by atoms with Gasteiger partial charge in [0.05, 0.1) is 18.3 Å². The number of hydrogen-bond acceptors (Lipinski definition) is 3. The van der Waals surface area contributed by atoms with Crippen LogP contribution in [0.1, 0.15) is 44.0 Å². The zero-order valence-electron chi connectivity index (χ0n) is 7.14. The maximum absolute atomic E-state index is 9.19. The van der Waals surface area contributed by atoms with Crippen LogP contribution in [0.15, 0.2) is 6.20 Å². The summed E-state index contributed by atoms with van der Waals surface area (Å²) in [5.41, 5.74) is 0.668. The lowest BCUT2D eigenvalue weighted by Crippen LogP contribution is -2.17. The van der Waals surface area contributed by atoms with Crippen molar-refractivity contribution in [1.29, 1.82) is 0 Å². The van der Waals surface area contributed by atoms with Gasteiger partial charge in [0.1, 0.15) is 5.69 Å². The van der Waals surface area contributed by atoms with Gasteiger partial charge >= 0.3 is 0 Å². The highest BCUT2D eigenvalue weighted by atomic mass is 16.3. The number of rotatable bonds is 2. The van der Waals surface area contributed by atoms with Crippen molar-refractivity contribution in [1.82, 2.24) is 15.0 Å². The Morgan fingerprint density at radius 1 is 1.67 bits per heavy atom. The van der Waals surface area contributed by atoms with Gasteiger partial charge in [-0.05, 0) is 26.2 Å². The van der Waals surface area contributed by atoms with Crippen LogP contribution in [0, 0.1) is 0 Å². The minimum absolute atomic E-state index is 0.501. The number of nitrogens with zero attached hydrogens (tertiary/aromatic N) is 3. The van der Waals surface area contributed by atoms with E-state index in [0.717, 1.165) is 0 Å². The normalized spacial score (nSPS) is 20.5. The average Bonchev–Trinajstić information content (AvgIpc) is 2.32. The number of aliphatic hydroxyl groups excluding tert-OH is 1. The molecular weight excluding hydrogens is 154 g/mol. The fourth-order valence-corrected chi connectivity index (χ4v) is 1.31. The topological polar surface area (TPSA) is 50.9 Å². The quantitative estimate of drug-likeness (QED) is 0.716. The van der Waals surface area contributed by atoms with E-state index in [-0.39, 0.29) is 0 Å². The molecule has 1 aliphatic carbocycles. The van der Waals surface area contributed by atoms with Gasteiger partial charge in [0.15, 0.2) is 0 Å². The van der Waals surface area contributed by atoms with E-state index in [2.05, 4.69) is 10.3 Å². The summed E-state index contributed by atoms with van der Waals surface area (Å²) in [4.78, 5) is 0. The first-order valence-electron chi connectivity index (χ1n) is 4.37. The fourth-order valence-electron chi connectivity index (χ4n) is 1.31. The van der Waals surface area contributed by atoms with Crippen molar-refractivity contribution in [3.63, 3.8) is 0 Å². The van der Waals surface area contributed by atoms with Crippen molar-refractivity contribution in [3.8, 4) is 0 Å². The summed E-state index contributed by atoms with van der Waals surface area (Å²) in [6.07, 6.45) is 5.02. The van der Waals surface area contributed by atoms with Crippen molar-refractivity contribution in [2.24, 2.45) is 0 Å². The largest absolute Gasteiger partial charge is 0.387 e. The first-order valence-corrected chi connectivity index (χ1v) is 4.37. The molecule has 0 amide bonds. The Labute approximate surface area is 71.2 Å². The smallest absolute Gasteiger partial charge is 0.111 e. The summed E-state index contributed by atoms with van der Waals surface area (Å²) in [5, 5.41) is 17.0. The predicted octanol–water partition coefficient (Wildman–Crippen LogP) is 1.06. The van der Waals surface area contributed by atoms with Crippen LogP contribution in [-0.4, -0.2) is 20.1 Å². The lowest BCUT2D eigenvalue weighted by molar-refractivity contribution is 0.194. The van der Waals surface area contributed by atoms with Gasteiger partial charge in [-0.2, -0.15) is 0 Å². The average molecular weight is 167 g/mol. The first kappa shape index (κ1) is 7.73. The number of hydrogen-bond donors (Lipinski definition) is 1. The summed E-state index contributed by atoms with van der Waals surface area (Å²) in [7, 11) is 0. The molecule has 1 unspecified atom stereocenters. The van der Waals surface area contributed by atoms with Crippen molar-refractivity contribution < 1.29 is 5.11 Å². The lowest BCUT2D eigenvalue weighted by atomic mass is 9.93. The van der Waals surface area contributed by atoms with Gasteiger partial charge in [-0.1, -0.05) is 5.21 Å². The second-order valence-corrected chi connectivity index (χ2v) is 3.38. The van der Waals surface area contributed by atoms with Crippen molar-refractivity contribution in [3.05, 3.63) is 11.9 Å². The molecule has 2 rings (SSSR count). The standard InChI is InChI=1S/C8H13N3O/c1-6(12)8-5-11(10-9-8)7-3-2-4-7/h5-7,12H,2-4H2,1H3. The third-order valence-electron chi connectivity index (χ3n) is 2.40. The monoisotopic (exact) mass is 167 g/mol. The molecule has 12 heavy (non-hydrogen) atoms. The summed E-state index contributed by atoms with van der Waals surface area (Å²) < 4.78 is 1.87. The Balaban J connectivity index is 2.12. The second kappa shape index (κ2) is 2.86. The van der Waals surface area contributed by atoms with Crippen molar-refractivity contribution in [2.45, 2.75) is 38.3 Å². The third kappa shape index (κ3) is 1.22. The molecule has 0 radical (unpaired) electrons. The van der Waals surface area contributed by atoms with E-state index in [1.807, 2.05) is 10.9 Å². The van der Waals surface area contributed by atoms with Gasteiger partial charge < -0.3 is 5.11 Å². The first-order chi connectivity index (χ1) is 5.77. The Bertz CT molecular complexity index is 265. The third-order valence-corrected chi connectivity index (χ3v) is 2.40. The highest BCUT2D eigenvalue weighted by Crippen LogP contribution is 2.30. The van der Waals surface area contributed by atoms with Gasteiger partial charge in [0.25, 0.3) is 0 Å².